The van der Waals surface area contributed by atoms with Gasteiger partial charge in [0.15, 0.2) is 0 Å². The molecule has 3 nitrogen and oxygen atoms in total. The second-order valence-corrected chi connectivity index (χ2v) is 4.66. The first-order valence-corrected chi connectivity index (χ1v) is 5.76. The van der Waals surface area contributed by atoms with E-state index in [4.69, 9.17) is 5.11 Å². The van der Waals surface area contributed by atoms with E-state index in [1.807, 2.05) is 6.92 Å². The predicted octanol–water partition coefficient (Wildman–Crippen LogP) is 1.45. The summed E-state index contributed by atoms with van der Waals surface area (Å²) in [4.78, 5) is 12.0. The number of benzene rings is 1. The van der Waals surface area contributed by atoms with Gasteiger partial charge in [-0.15, -0.1) is 0 Å². The van der Waals surface area contributed by atoms with Crippen molar-refractivity contribution in [2.24, 2.45) is 0 Å². The molecule has 0 bridgehead atoms. The van der Waals surface area contributed by atoms with Gasteiger partial charge in [-0.25, -0.2) is 4.39 Å². The van der Waals surface area contributed by atoms with Gasteiger partial charge in [-0.3, -0.25) is 4.79 Å². The van der Waals surface area contributed by atoms with Crippen molar-refractivity contribution in [3.05, 3.63) is 35.1 Å². The van der Waals surface area contributed by atoms with Gasteiger partial charge in [-0.1, -0.05) is 11.8 Å². The van der Waals surface area contributed by atoms with Crippen LogP contribution in [0.25, 0.3) is 0 Å². The van der Waals surface area contributed by atoms with Crippen molar-refractivity contribution in [1.29, 1.82) is 0 Å². The molecule has 1 amide bonds. The lowest BCUT2D eigenvalue weighted by molar-refractivity contribution is 0.0934. The Morgan fingerprint density at radius 2 is 2.28 bits per heavy atom. The quantitative estimate of drug-likeness (QED) is 0.777. The number of carbonyl (C=O) groups excluding carboxylic acids is 1. The highest BCUT2D eigenvalue weighted by molar-refractivity contribution is 5.97. The maximum atomic E-state index is 13.2. The predicted molar refractivity (Wildman–Crippen MR) is 65.5 cm³/mol. The van der Waals surface area contributed by atoms with Crippen molar-refractivity contribution in [3.63, 3.8) is 0 Å². The summed E-state index contributed by atoms with van der Waals surface area (Å²) >= 11 is 0. The van der Waals surface area contributed by atoms with E-state index in [9.17, 15) is 9.18 Å². The lowest BCUT2D eigenvalue weighted by Crippen LogP contribution is -2.34. The molecule has 94 valence electrons. The molecule has 1 saturated carbocycles. The molecule has 1 fully saturated rings. The fourth-order valence-corrected chi connectivity index (χ4v) is 1.60. The van der Waals surface area contributed by atoms with Crippen LogP contribution in [0.5, 0.6) is 0 Å². The zero-order valence-corrected chi connectivity index (χ0v) is 10.1. The summed E-state index contributed by atoms with van der Waals surface area (Å²) in [6, 6.07) is 3.86. The van der Waals surface area contributed by atoms with Crippen molar-refractivity contribution in [2.45, 2.75) is 25.3 Å². The van der Waals surface area contributed by atoms with Gasteiger partial charge >= 0.3 is 0 Å². The largest absolute Gasteiger partial charge is 0.384 e. The lowest BCUT2D eigenvalue weighted by Gasteiger charge is -2.12. The summed E-state index contributed by atoms with van der Waals surface area (Å²) in [6.07, 6.45) is 1.87. The molecule has 0 spiro atoms. The number of carbonyl (C=O) groups is 1. The van der Waals surface area contributed by atoms with Gasteiger partial charge < -0.3 is 10.4 Å². The number of aliphatic hydroxyl groups excluding tert-OH is 1. The highest BCUT2D eigenvalue weighted by Gasteiger charge is 2.39. The smallest absolute Gasteiger partial charge is 0.253 e. The third kappa shape index (κ3) is 2.88. The van der Waals surface area contributed by atoms with Crippen LogP contribution in [0.2, 0.25) is 0 Å². The normalized spacial score (nSPS) is 15.5. The summed E-state index contributed by atoms with van der Waals surface area (Å²) in [7, 11) is 0. The monoisotopic (exact) mass is 247 g/mol. The second-order valence-electron chi connectivity index (χ2n) is 4.66. The highest BCUT2D eigenvalue weighted by Crippen LogP contribution is 2.34. The Kier molecular flexibility index (Phi) is 3.35. The molecule has 1 aromatic carbocycles. The number of amides is 1. The summed E-state index contributed by atoms with van der Waals surface area (Å²) < 4.78 is 13.2. The number of aliphatic hydroxyl groups is 1. The third-order valence-electron chi connectivity index (χ3n) is 2.94. The van der Waals surface area contributed by atoms with Crippen LogP contribution >= 0.6 is 0 Å². The van der Waals surface area contributed by atoms with Gasteiger partial charge in [0, 0.05) is 11.1 Å². The number of halogens is 1. The van der Waals surface area contributed by atoms with E-state index in [0.717, 1.165) is 12.8 Å². The zero-order valence-electron chi connectivity index (χ0n) is 10.1. The van der Waals surface area contributed by atoms with E-state index < -0.39 is 5.82 Å². The van der Waals surface area contributed by atoms with Crippen LogP contribution in [0, 0.1) is 17.7 Å². The molecule has 2 N–H and O–H groups in total. The number of rotatable bonds is 2. The van der Waals surface area contributed by atoms with E-state index in [1.165, 1.54) is 18.2 Å². The summed E-state index contributed by atoms with van der Waals surface area (Å²) in [5, 5.41) is 11.5. The topological polar surface area (TPSA) is 49.3 Å². The fourth-order valence-electron chi connectivity index (χ4n) is 1.60. The Morgan fingerprint density at radius 1 is 1.56 bits per heavy atom. The molecule has 0 radical (unpaired) electrons. The van der Waals surface area contributed by atoms with Crippen molar-refractivity contribution in [3.8, 4) is 11.8 Å². The van der Waals surface area contributed by atoms with Gasteiger partial charge in [0.05, 0.1) is 5.56 Å². The molecular weight excluding hydrogens is 233 g/mol. The molecule has 0 heterocycles. The summed E-state index contributed by atoms with van der Waals surface area (Å²) in [5.41, 5.74) is 0.474. The SMILES string of the molecule is CC1(NC(=O)c2cc(F)ccc2C#CCO)CC1. The van der Waals surface area contributed by atoms with Crippen LogP contribution in [-0.4, -0.2) is 23.2 Å². The third-order valence-corrected chi connectivity index (χ3v) is 2.94. The van der Waals surface area contributed by atoms with Crippen LogP contribution in [0.15, 0.2) is 18.2 Å². The average molecular weight is 247 g/mol. The Hall–Kier alpha value is -1.86. The lowest BCUT2D eigenvalue weighted by atomic mass is 10.1. The molecule has 2 rings (SSSR count). The minimum absolute atomic E-state index is 0.162. The molecule has 1 aliphatic carbocycles. The Bertz CT molecular complexity index is 538. The van der Waals surface area contributed by atoms with E-state index in [2.05, 4.69) is 17.2 Å². The molecule has 18 heavy (non-hydrogen) atoms. The van der Waals surface area contributed by atoms with Crippen molar-refractivity contribution in [1.82, 2.24) is 5.32 Å². The van der Waals surface area contributed by atoms with Gasteiger partial charge in [0.1, 0.15) is 12.4 Å². The fraction of sp³-hybridized carbons (Fsp3) is 0.357. The highest BCUT2D eigenvalue weighted by atomic mass is 19.1. The molecular formula is C14H14FNO2. The van der Waals surface area contributed by atoms with Crippen LogP contribution in [-0.2, 0) is 0 Å². The molecule has 0 aromatic heterocycles. The van der Waals surface area contributed by atoms with E-state index in [0.29, 0.717) is 5.56 Å². The van der Waals surface area contributed by atoms with Crippen LogP contribution in [0.3, 0.4) is 0 Å². The minimum Gasteiger partial charge on any atom is -0.384 e. The Balaban J connectivity index is 2.29. The van der Waals surface area contributed by atoms with Gasteiger partial charge in [0.2, 0.25) is 0 Å². The van der Waals surface area contributed by atoms with Crippen LogP contribution in [0.1, 0.15) is 35.7 Å². The molecule has 4 heteroatoms. The number of hydrogen-bond acceptors (Lipinski definition) is 2. The number of hydrogen-bond donors (Lipinski definition) is 2. The van der Waals surface area contributed by atoms with E-state index in [-0.39, 0.29) is 23.6 Å². The maximum Gasteiger partial charge on any atom is 0.253 e. The molecule has 0 aliphatic heterocycles. The van der Waals surface area contributed by atoms with Crippen molar-refractivity contribution >= 4 is 5.91 Å². The van der Waals surface area contributed by atoms with Crippen molar-refractivity contribution in [2.75, 3.05) is 6.61 Å². The first-order valence-electron chi connectivity index (χ1n) is 5.76. The number of nitrogens with one attached hydrogen (secondary N) is 1. The molecule has 0 atom stereocenters. The Morgan fingerprint density at radius 3 is 2.89 bits per heavy atom. The minimum atomic E-state index is -0.476. The molecule has 1 aliphatic rings. The standard InChI is InChI=1S/C14H14FNO2/c1-14(6-7-14)16-13(18)12-9-11(15)5-4-10(12)3-2-8-17/h4-5,9,17H,6-8H2,1H3,(H,16,18). The summed E-state index contributed by atoms with van der Waals surface area (Å²) in [6.45, 7) is 1.65. The first kappa shape index (κ1) is 12.6. The zero-order chi connectivity index (χ0) is 13.2. The van der Waals surface area contributed by atoms with E-state index >= 15 is 0 Å². The maximum absolute atomic E-state index is 13.2. The van der Waals surface area contributed by atoms with Crippen molar-refractivity contribution < 1.29 is 14.3 Å². The molecule has 1 aromatic rings. The first-order chi connectivity index (χ1) is 8.54. The van der Waals surface area contributed by atoms with E-state index in [1.54, 1.807) is 0 Å². The average Bonchev–Trinajstić information content (AvgIpc) is 3.05. The van der Waals surface area contributed by atoms with Crippen LogP contribution < -0.4 is 5.32 Å². The molecule has 0 unspecified atom stereocenters. The van der Waals surface area contributed by atoms with Gasteiger partial charge in [-0.05, 0) is 38.0 Å². The molecule has 0 saturated heterocycles. The van der Waals surface area contributed by atoms with Gasteiger partial charge in [-0.2, -0.15) is 0 Å². The Labute approximate surface area is 105 Å². The summed E-state index contributed by atoms with van der Waals surface area (Å²) in [5.74, 6) is 4.31. The second kappa shape index (κ2) is 4.79. The van der Waals surface area contributed by atoms with Crippen LogP contribution in [0.4, 0.5) is 4.39 Å². The van der Waals surface area contributed by atoms with Gasteiger partial charge in [0.25, 0.3) is 5.91 Å².